The lowest BCUT2D eigenvalue weighted by Crippen LogP contribution is -2.30. The molecule has 12 heavy (non-hydrogen) atoms. The van der Waals surface area contributed by atoms with Gasteiger partial charge < -0.3 is 10.4 Å². The van der Waals surface area contributed by atoms with Gasteiger partial charge in [-0.25, -0.2) is 0 Å². The highest BCUT2D eigenvalue weighted by molar-refractivity contribution is 6.61. The molecule has 0 spiro atoms. The first-order valence-electron chi connectivity index (χ1n) is 4.60. The molecule has 0 saturated carbocycles. The molecule has 1 fully saturated rings. The molecule has 1 saturated heterocycles. The topological polar surface area (TPSA) is 49.3 Å². The summed E-state index contributed by atoms with van der Waals surface area (Å²) < 4.78 is 0.517. The Bertz CT molecular complexity index is 182. The van der Waals surface area contributed by atoms with E-state index >= 15 is 0 Å². The molecule has 0 aliphatic carbocycles. The van der Waals surface area contributed by atoms with Crippen molar-refractivity contribution in [3.05, 3.63) is 0 Å². The number of aliphatic carboxylic acids is 1. The van der Waals surface area contributed by atoms with E-state index in [9.17, 15) is 4.79 Å². The minimum absolute atomic E-state index is 0.0443. The van der Waals surface area contributed by atoms with Crippen LogP contribution in [-0.2, 0) is 4.79 Å². The van der Waals surface area contributed by atoms with Crippen molar-refractivity contribution < 1.29 is 9.90 Å². The standard InChI is InChI=1S/C7H17NO2Si2/c1-11-7(12-2)3-5(6(9)10)8-4-7/h5,8H,3-4,11-12H2,1-2H3,(H,9,10). The molecule has 1 atom stereocenters. The lowest BCUT2D eigenvalue weighted by Gasteiger charge is -2.23. The fraction of sp³-hybridized carbons (Fsp3) is 0.857. The van der Waals surface area contributed by atoms with Gasteiger partial charge in [0.15, 0.2) is 0 Å². The lowest BCUT2D eigenvalue weighted by atomic mass is 10.2. The average molecular weight is 203 g/mol. The maximum Gasteiger partial charge on any atom is 0.320 e. The number of hydrogen-bond donors (Lipinski definition) is 2. The Morgan fingerprint density at radius 1 is 1.58 bits per heavy atom. The van der Waals surface area contributed by atoms with Gasteiger partial charge in [-0.2, -0.15) is 0 Å². The van der Waals surface area contributed by atoms with Crippen molar-refractivity contribution in [3.63, 3.8) is 0 Å². The molecular weight excluding hydrogens is 186 g/mol. The molecule has 70 valence electrons. The van der Waals surface area contributed by atoms with E-state index in [4.69, 9.17) is 5.11 Å². The van der Waals surface area contributed by atoms with E-state index in [1.54, 1.807) is 0 Å². The van der Waals surface area contributed by atoms with Crippen molar-refractivity contribution in [1.82, 2.24) is 5.32 Å². The van der Waals surface area contributed by atoms with Gasteiger partial charge in [0.2, 0.25) is 0 Å². The van der Waals surface area contributed by atoms with Gasteiger partial charge in [0.1, 0.15) is 6.04 Å². The van der Waals surface area contributed by atoms with Gasteiger partial charge in [-0.1, -0.05) is 13.1 Å². The zero-order chi connectivity index (χ0) is 9.19. The number of carboxylic acid groups (broad SMARTS) is 1. The van der Waals surface area contributed by atoms with E-state index in [-0.39, 0.29) is 25.1 Å². The summed E-state index contributed by atoms with van der Waals surface area (Å²) >= 11 is 0. The zero-order valence-corrected chi connectivity index (χ0v) is 10.6. The molecule has 1 aliphatic rings. The lowest BCUT2D eigenvalue weighted by molar-refractivity contribution is -0.139. The SMILES string of the molecule is C[SiH2]C1([SiH2]C)CNC(C(=O)O)C1. The van der Waals surface area contributed by atoms with Crippen molar-refractivity contribution in [3.8, 4) is 0 Å². The molecule has 0 bridgehead atoms. The predicted octanol–water partition coefficient (Wildman–Crippen LogP) is -1.02. The number of carboxylic acids is 1. The van der Waals surface area contributed by atoms with Crippen molar-refractivity contribution >= 4 is 25.0 Å². The molecule has 1 unspecified atom stereocenters. The fourth-order valence-corrected chi connectivity index (χ4v) is 5.82. The Hall–Kier alpha value is -0.136. The monoisotopic (exact) mass is 203 g/mol. The molecule has 1 aliphatic heterocycles. The van der Waals surface area contributed by atoms with Crippen molar-refractivity contribution in [2.75, 3.05) is 6.54 Å². The summed E-state index contributed by atoms with van der Waals surface area (Å²) in [6, 6.07) is -0.245. The Kier molecular flexibility index (Phi) is 3.08. The van der Waals surface area contributed by atoms with Gasteiger partial charge in [0.25, 0.3) is 0 Å². The van der Waals surface area contributed by atoms with E-state index < -0.39 is 5.97 Å². The molecule has 5 heteroatoms. The summed E-state index contributed by atoms with van der Waals surface area (Å²) in [7, 11) is -0.0886. The smallest absolute Gasteiger partial charge is 0.320 e. The van der Waals surface area contributed by atoms with Crippen LogP contribution in [0.5, 0.6) is 0 Å². The normalized spacial score (nSPS) is 37.3. The second-order valence-corrected chi connectivity index (χ2v) is 9.10. The van der Waals surface area contributed by atoms with Crippen LogP contribution in [0.3, 0.4) is 0 Å². The Labute approximate surface area is 77.6 Å². The molecule has 2 N–H and O–H groups in total. The number of nitrogens with one attached hydrogen (secondary N) is 1. The van der Waals surface area contributed by atoms with Crippen molar-refractivity contribution in [2.24, 2.45) is 0 Å². The van der Waals surface area contributed by atoms with Crippen LogP contribution in [0.15, 0.2) is 0 Å². The average Bonchev–Trinajstić information content (AvgIpc) is 2.49. The molecule has 3 nitrogen and oxygen atoms in total. The quantitative estimate of drug-likeness (QED) is 0.578. The largest absolute Gasteiger partial charge is 0.480 e. The predicted molar refractivity (Wildman–Crippen MR) is 55.6 cm³/mol. The summed E-state index contributed by atoms with van der Waals surface area (Å²) in [4.78, 5) is 10.7. The van der Waals surface area contributed by atoms with Crippen LogP contribution >= 0.6 is 0 Å². The van der Waals surface area contributed by atoms with Crippen LogP contribution in [0.25, 0.3) is 0 Å². The highest BCUT2D eigenvalue weighted by Gasteiger charge is 2.39. The summed E-state index contributed by atoms with van der Waals surface area (Å²) in [6.07, 6.45) is 0.910. The maximum absolute atomic E-state index is 10.7. The number of hydrogen-bond acceptors (Lipinski definition) is 2. The van der Waals surface area contributed by atoms with Crippen molar-refractivity contribution in [1.29, 1.82) is 0 Å². The molecule has 0 aromatic rings. The maximum atomic E-state index is 10.7. The van der Waals surface area contributed by atoms with E-state index in [1.165, 1.54) is 0 Å². The highest BCUT2D eigenvalue weighted by atomic mass is 28.3. The van der Waals surface area contributed by atoms with Gasteiger partial charge in [-0.05, 0) is 17.6 Å². The zero-order valence-electron chi connectivity index (χ0n) is 7.76. The Morgan fingerprint density at radius 3 is 2.42 bits per heavy atom. The Morgan fingerprint density at radius 2 is 2.17 bits per heavy atom. The first-order valence-corrected chi connectivity index (χ1v) is 8.84. The van der Waals surface area contributed by atoms with E-state index in [1.807, 2.05) is 0 Å². The van der Waals surface area contributed by atoms with Gasteiger partial charge >= 0.3 is 5.97 Å². The van der Waals surface area contributed by atoms with Crippen LogP contribution in [0.2, 0.25) is 17.8 Å². The molecule has 0 radical (unpaired) electrons. The molecule has 0 aromatic heterocycles. The summed E-state index contributed by atoms with van der Waals surface area (Å²) in [5.41, 5.74) is 0. The van der Waals surface area contributed by atoms with Crippen LogP contribution < -0.4 is 5.32 Å². The first kappa shape index (κ1) is 9.95. The van der Waals surface area contributed by atoms with Gasteiger partial charge in [0, 0.05) is 19.0 Å². The van der Waals surface area contributed by atoms with Crippen molar-refractivity contribution in [2.45, 2.75) is 30.2 Å². The van der Waals surface area contributed by atoms with Gasteiger partial charge in [-0.15, -0.1) is 0 Å². The minimum atomic E-state index is -0.665. The first-order chi connectivity index (χ1) is 5.63. The minimum Gasteiger partial charge on any atom is -0.480 e. The molecule has 0 amide bonds. The van der Waals surface area contributed by atoms with Gasteiger partial charge in [0.05, 0.1) is 0 Å². The van der Waals surface area contributed by atoms with E-state index in [2.05, 4.69) is 18.4 Å². The van der Waals surface area contributed by atoms with E-state index in [0.29, 0.717) is 4.66 Å². The third-order valence-corrected chi connectivity index (χ3v) is 10.2. The molecule has 0 aromatic carbocycles. The van der Waals surface area contributed by atoms with Crippen LogP contribution in [-0.4, -0.2) is 42.7 Å². The second-order valence-electron chi connectivity index (χ2n) is 3.68. The van der Waals surface area contributed by atoms with Crippen LogP contribution in [0, 0.1) is 0 Å². The number of carbonyl (C=O) groups is 1. The van der Waals surface area contributed by atoms with E-state index in [0.717, 1.165) is 13.0 Å². The summed E-state index contributed by atoms with van der Waals surface area (Å²) in [6.45, 7) is 5.60. The summed E-state index contributed by atoms with van der Waals surface area (Å²) in [5, 5.41) is 11.9. The Balaban J connectivity index is 2.58. The number of rotatable bonds is 3. The fourth-order valence-electron chi connectivity index (χ4n) is 1.88. The molecular formula is C7H17NO2Si2. The highest BCUT2D eigenvalue weighted by Crippen LogP contribution is 2.33. The third kappa shape index (κ3) is 1.78. The summed E-state index contributed by atoms with van der Waals surface area (Å²) in [5.74, 6) is -0.665. The van der Waals surface area contributed by atoms with Gasteiger partial charge in [-0.3, -0.25) is 4.79 Å². The third-order valence-electron chi connectivity index (χ3n) is 3.16. The second kappa shape index (κ2) is 3.72. The molecule has 1 heterocycles. The van der Waals surface area contributed by atoms with Crippen LogP contribution in [0.4, 0.5) is 0 Å². The molecule has 1 rings (SSSR count). The van der Waals surface area contributed by atoms with Crippen LogP contribution in [0.1, 0.15) is 6.42 Å².